The van der Waals surface area contributed by atoms with E-state index in [0.717, 1.165) is 12.8 Å². The van der Waals surface area contributed by atoms with E-state index in [2.05, 4.69) is 10.1 Å². The molecular weight excluding hydrogens is 230 g/mol. The minimum atomic E-state index is -0.993. The number of carboxylic acids is 1. The van der Waals surface area contributed by atoms with E-state index in [-0.39, 0.29) is 0 Å². The van der Waals surface area contributed by atoms with Gasteiger partial charge in [-0.2, -0.15) is 16.7 Å². The number of hydrogen-bond donors (Lipinski definition) is 2. The summed E-state index contributed by atoms with van der Waals surface area (Å²) in [5.74, 6) is 1.08. The van der Waals surface area contributed by atoms with Gasteiger partial charge in [-0.15, -0.1) is 0 Å². The molecule has 1 heterocycles. The summed E-state index contributed by atoms with van der Waals surface area (Å²) in [4.78, 5) is 14.6. The average molecular weight is 245 g/mol. The number of carboxylic acid groups (broad SMARTS) is 1. The van der Waals surface area contributed by atoms with Crippen LogP contribution >= 0.6 is 11.8 Å². The first-order chi connectivity index (χ1) is 7.63. The first-order valence-electron chi connectivity index (χ1n) is 5.01. The van der Waals surface area contributed by atoms with Gasteiger partial charge in [0, 0.05) is 12.2 Å². The zero-order chi connectivity index (χ0) is 12.0. The van der Waals surface area contributed by atoms with Crippen molar-refractivity contribution in [3.63, 3.8) is 0 Å². The zero-order valence-corrected chi connectivity index (χ0v) is 9.87. The molecule has 0 saturated carbocycles. The van der Waals surface area contributed by atoms with Crippen LogP contribution in [0.4, 0.5) is 0 Å². The second-order valence-electron chi connectivity index (χ2n) is 3.31. The van der Waals surface area contributed by atoms with Crippen LogP contribution in [0.25, 0.3) is 0 Å². The highest BCUT2D eigenvalue weighted by atomic mass is 32.2. The van der Waals surface area contributed by atoms with Crippen molar-refractivity contribution in [3.05, 3.63) is 11.7 Å². The lowest BCUT2D eigenvalue weighted by atomic mass is 10.3. The Labute approximate surface area is 97.6 Å². The predicted octanol–water partition coefficient (Wildman–Crippen LogP) is 0.667. The molecule has 1 atom stereocenters. The van der Waals surface area contributed by atoms with Gasteiger partial charge in [0.1, 0.15) is 6.04 Å². The van der Waals surface area contributed by atoms with Crippen molar-refractivity contribution < 1.29 is 14.4 Å². The van der Waals surface area contributed by atoms with E-state index in [1.54, 1.807) is 0 Å². The molecule has 1 aromatic rings. The summed E-state index contributed by atoms with van der Waals surface area (Å²) >= 11 is 1.38. The molecule has 0 fully saturated rings. The molecule has 0 radical (unpaired) electrons. The Hall–Kier alpha value is -1.08. The van der Waals surface area contributed by atoms with Crippen LogP contribution in [0, 0.1) is 0 Å². The van der Waals surface area contributed by atoms with Crippen LogP contribution in [0.15, 0.2) is 4.52 Å². The van der Waals surface area contributed by atoms with Crippen LogP contribution < -0.4 is 5.73 Å². The van der Waals surface area contributed by atoms with Gasteiger partial charge in [-0.05, 0) is 6.42 Å². The molecule has 90 valence electrons. The zero-order valence-electron chi connectivity index (χ0n) is 9.05. The Bertz CT molecular complexity index is 342. The highest BCUT2D eigenvalue weighted by molar-refractivity contribution is 7.98. The maximum Gasteiger partial charge on any atom is 0.321 e. The van der Waals surface area contributed by atoms with Gasteiger partial charge < -0.3 is 15.4 Å². The van der Waals surface area contributed by atoms with Gasteiger partial charge in [0.2, 0.25) is 5.89 Å². The molecular formula is C9H15N3O3S. The lowest BCUT2D eigenvalue weighted by molar-refractivity contribution is -0.137. The fourth-order valence-electron chi connectivity index (χ4n) is 1.01. The standard InChI is InChI=1S/C9H15N3O3S/c1-2-3-8-11-7(12-15-8)5-16-4-6(10)9(13)14/h6H,2-5,10H2,1H3,(H,13,14). The van der Waals surface area contributed by atoms with Crippen molar-refractivity contribution >= 4 is 17.7 Å². The van der Waals surface area contributed by atoms with Gasteiger partial charge in [-0.1, -0.05) is 12.1 Å². The summed E-state index contributed by atoms with van der Waals surface area (Å²) in [6.45, 7) is 2.03. The fourth-order valence-corrected chi connectivity index (χ4v) is 1.83. The Balaban J connectivity index is 2.29. The van der Waals surface area contributed by atoms with E-state index in [0.29, 0.717) is 23.2 Å². The molecule has 3 N–H and O–H groups in total. The SMILES string of the molecule is CCCc1nc(CSCC(N)C(=O)O)no1. The number of nitrogens with two attached hydrogens (primary N) is 1. The molecule has 0 aliphatic heterocycles. The van der Waals surface area contributed by atoms with Crippen molar-refractivity contribution in [2.45, 2.75) is 31.6 Å². The summed E-state index contributed by atoms with van der Waals surface area (Å²) in [6.07, 6.45) is 1.73. The summed E-state index contributed by atoms with van der Waals surface area (Å²) in [7, 11) is 0. The molecule has 0 aliphatic carbocycles. The van der Waals surface area contributed by atoms with E-state index < -0.39 is 12.0 Å². The Morgan fingerprint density at radius 3 is 3.06 bits per heavy atom. The third kappa shape index (κ3) is 4.19. The molecule has 1 rings (SSSR count). The van der Waals surface area contributed by atoms with Crippen LogP contribution in [0.2, 0.25) is 0 Å². The largest absolute Gasteiger partial charge is 0.480 e. The Kier molecular flexibility index (Phi) is 5.27. The topological polar surface area (TPSA) is 102 Å². The number of rotatable bonds is 7. The van der Waals surface area contributed by atoms with Crippen LogP contribution in [-0.2, 0) is 17.0 Å². The van der Waals surface area contributed by atoms with Gasteiger partial charge in [0.05, 0.1) is 5.75 Å². The van der Waals surface area contributed by atoms with Crippen molar-refractivity contribution in [1.29, 1.82) is 0 Å². The monoisotopic (exact) mass is 245 g/mol. The first-order valence-corrected chi connectivity index (χ1v) is 6.16. The number of nitrogens with zero attached hydrogens (tertiary/aromatic N) is 2. The van der Waals surface area contributed by atoms with Crippen molar-refractivity contribution in [2.24, 2.45) is 5.73 Å². The van der Waals surface area contributed by atoms with E-state index in [1.807, 2.05) is 6.92 Å². The van der Waals surface area contributed by atoms with E-state index in [9.17, 15) is 4.79 Å². The number of hydrogen-bond acceptors (Lipinski definition) is 6. The molecule has 0 amide bonds. The molecule has 0 spiro atoms. The van der Waals surface area contributed by atoms with Gasteiger partial charge in [0.15, 0.2) is 5.82 Å². The van der Waals surface area contributed by atoms with E-state index in [4.69, 9.17) is 15.4 Å². The third-order valence-corrected chi connectivity index (χ3v) is 2.88. The van der Waals surface area contributed by atoms with Crippen molar-refractivity contribution in [1.82, 2.24) is 10.1 Å². The number of aryl methyl sites for hydroxylation is 1. The number of carbonyl (C=O) groups is 1. The van der Waals surface area contributed by atoms with Gasteiger partial charge in [-0.25, -0.2) is 0 Å². The van der Waals surface area contributed by atoms with Gasteiger partial charge in [0.25, 0.3) is 0 Å². The number of aliphatic carboxylic acids is 1. The quantitative estimate of drug-likeness (QED) is 0.727. The van der Waals surface area contributed by atoms with Crippen LogP contribution in [-0.4, -0.2) is 33.0 Å². The molecule has 7 heteroatoms. The molecule has 16 heavy (non-hydrogen) atoms. The van der Waals surface area contributed by atoms with Crippen molar-refractivity contribution in [2.75, 3.05) is 5.75 Å². The lowest BCUT2D eigenvalue weighted by Crippen LogP contribution is -2.32. The van der Waals surface area contributed by atoms with Crippen molar-refractivity contribution in [3.8, 4) is 0 Å². The predicted molar refractivity (Wildman–Crippen MR) is 60.1 cm³/mol. The van der Waals surface area contributed by atoms with E-state index in [1.165, 1.54) is 11.8 Å². The molecule has 0 saturated heterocycles. The maximum atomic E-state index is 10.4. The van der Waals surface area contributed by atoms with Gasteiger partial charge in [-0.3, -0.25) is 4.79 Å². The molecule has 6 nitrogen and oxygen atoms in total. The fraction of sp³-hybridized carbons (Fsp3) is 0.667. The molecule has 0 aliphatic rings. The molecule has 1 aromatic heterocycles. The third-order valence-electron chi connectivity index (χ3n) is 1.82. The Morgan fingerprint density at radius 2 is 2.44 bits per heavy atom. The number of aromatic nitrogens is 2. The van der Waals surface area contributed by atoms with E-state index >= 15 is 0 Å². The summed E-state index contributed by atoms with van der Waals surface area (Å²) in [5.41, 5.74) is 5.35. The second-order valence-corrected chi connectivity index (χ2v) is 4.34. The minimum absolute atomic E-state index is 0.340. The summed E-state index contributed by atoms with van der Waals surface area (Å²) < 4.78 is 4.99. The Morgan fingerprint density at radius 1 is 1.69 bits per heavy atom. The van der Waals surface area contributed by atoms with Crippen LogP contribution in [0.3, 0.4) is 0 Å². The molecule has 0 bridgehead atoms. The highest BCUT2D eigenvalue weighted by Gasteiger charge is 2.12. The minimum Gasteiger partial charge on any atom is -0.480 e. The molecule has 0 aromatic carbocycles. The second kappa shape index (κ2) is 6.49. The van der Waals surface area contributed by atoms with Gasteiger partial charge >= 0.3 is 5.97 Å². The summed E-state index contributed by atoms with van der Waals surface area (Å²) in [6, 6.07) is -0.841. The maximum absolute atomic E-state index is 10.4. The normalized spacial score (nSPS) is 12.6. The van der Waals surface area contributed by atoms with Crippen LogP contribution in [0.5, 0.6) is 0 Å². The summed E-state index contributed by atoms with van der Waals surface area (Å²) in [5, 5.41) is 12.3. The molecule has 1 unspecified atom stereocenters. The average Bonchev–Trinajstić information content (AvgIpc) is 2.66. The highest BCUT2D eigenvalue weighted by Crippen LogP contribution is 2.10. The lowest BCUT2D eigenvalue weighted by Gasteiger charge is -2.03. The first kappa shape index (κ1) is 13.0. The number of thioether (sulfide) groups is 1. The van der Waals surface area contributed by atoms with Crippen LogP contribution in [0.1, 0.15) is 25.1 Å². The smallest absolute Gasteiger partial charge is 0.321 e.